The first kappa shape index (κ1) is 11.8. The van der Waals surface area contributed by atoms with Gasteiger partial charge in [0.05, 0.1) is 12.0 Å². The number of halogens is 3. The molecule has 17 heavy (non-hydrogen) atoms. The van der Waals surface area contributed by atoms with E-state index in [2.05, 4.69) is 9.98 Å². The van der Waals surface area contributed by atoms with Gasteiger partial charge in [-0.15, -0.1) is 0 Å². The third-order valence-corrected chi connectivity index (χ3v) is 2.50. The number of aryl methyl sites for hydroxylation is 2. The van der Waals surface area contributed by atoms with Gasteiger partial charge in [0.15, 0.2) is 11.6 Å². The van der Waals surface area contributed by atoms with E-state index < -0.39 is 24.1 Å². The maximum atomic E-state index is 12.5. The highest BCUT2D eigenvalue weighted by Crippen LogP contribution is 2.32. The van der Waals surface area contributed by atoms with Crippen LogP contribution in [0.3, 0.4) is 0 Å². The highest BCUT2D eigenvalue weighted by atomic mass is 19.4. The fraction of sp³-hybridized carbons (Fsp3) is 0.364. The summed E-state index contributed by atoms with van der Waals surface area (Å²) >= 11 is 0. The van der Waals surface area contributed by atoms with Crippen LogP contribution < -0.4 is 0 Å². The number of alkyl halides is 3. The van der Waals surface area contributed by atoms with E-state index in [1.807, 2.05) is 0 Å². The molecule has 0 N–H and O–H groups in total. The van der Waals surface area contributed by atoms with Crippen molar-refractivity contribution in [3.63, 3.8) is 0 Å². The van der Waals surface area contributed by atoms with Crippen LogP contribution in [0.4, 0.5) is 19.0 Å². The largest absolute Gasteiger partial charge is 0.430 e. The lowest BCUT2D eigenvalue weighted by atomic mass is 9.98. The molecule has 0 aromatic carbocycles. The molecule has 0 unspecified atom stereocenters. The quantitative estimate of drug-likeness (QED) is 0.702. The number of hydrogen-bond acceptors (Lipinski definition) is 3. The average Bonchev–Trinajstić information content (AvgIpc) is 2.13. The number of aromatic nitrogens is 1. The van der Waals surface area contributed by atoms with Crippen LogP contribution in [0.5, 0.6) is 0 Å². The second-order valence-corrected chi connectivity index (χ2v) is 3.94. The van der Waals surface area contributed by atoms with E-state index >= 15 is 0 Å². The van der Waals surface area contributed by atoms with Gasteiger partial charge in [-0.1, -0.05) is 0 Å². The lowest BCUT2D eigenvalue weighted by Crippen LogP contribution is -2.28. The monoisotopic (exact) mass is 242 g/mol. The predicted octanol–water partition coefficient (Wildman–Crippen LogP) is 2.92. The van der Waals surface area contributed by atoms with Crippen LogP contribution in [-0.4, -0.2) is 22.7 Å². The van der Waals surface area contributed by atoms with Crippen LogP contribution in [0, 0.1) is 13.8 Å². The van der Waals surface area contributed by atoms with Crippen molar-refractivity contribution in [2.45, 2.75) is 26.4 Å². The summed E-state index contributed by atoms with van der Waals surface area (Å²) in [5.41, 5.74) is 0.278. The summed E-state index contributed by atoms with van der Waals surface area (Å²) in [5.74, 6) is -0.696. The molecule has 0 fully saturated rings. The predicted molar refractivity (Wildman–Crippen MR) is 55.8 cm³/mol. The lowest BCUT2D eigenvalue weighted by Gasteiger charge is -2.17. The first-order valence-corrected chi connectivity index (χ1v) is 4.95. The molecule has 0 amide bonds. The Hall–Kier alpha value is -1.72. The summed E-state index contributed by atoms with van der Waals surface area (Å²) in [5, 5.41) is 0. The number of hydrogen-bond donors (Lipinski definition) is 0. The number of Topliss-reactive ketones (excluding diaryl/α,β-unsaturated/α-hetero) is 1. The van der Waals surface area contributed by atoms with Gasteiger partial charge in [0, 0.05) is 5.69 Å². The summed E-state index contributed by atoms with van der Waals surface area (Å²) < 4.78 is 37.5. The number of carbonyl (C=O) groups excluding carboxylic acids is 1. The van der Waals surface area contributed by atoms with Gasteiger partial charge in [-0.3, -0.25) is 4.79 Å². The fourth-order valence-corrected chi connectivity index (χ4v) is 1.81. The molecule has 1 aromatic heterocycles. The smallest absolute Gasteiger partial charge is 0.294 e. The Bertz CT molecular complexity index is 532. The number of nitrogens with zero attached hydrogens (tertiary/aromatic N) is 2. The van der Waals surface area contributed by atoms with Crippen molar-refractivity contribution in [2.75, 3.05) is 0 Å². The molecule has 0 bridgehead atoms. The standard InChI is InChI=1S/C11H9F3N2O/c1-5-3-6(2)15-10-9(5)7(17)4-8(16-10)11(12,13)14/h3H,4H2,1-2H3. The molecule has 1 aliphatic rings. The molecule has 0 radical (unpaired) electrons. The van der Waals surface area contributed by atoms with Crippen molar-refractivity contribution in [1.82, 2.24) is 4.98 Å². The van der Waals surface area contributed by atoms with E-state index in [4.69, 9.17) is 0 Å². The molecular weight excluding hydrogens is 233 g/mol. The van der Waals surface area contributed by atoms with Gasteiger partial charge in [-0.05, 0) is 25.5 Å². The summed E-state index contributed by atoms with van der Waals surface area (Å²) in [6.45, 7) is 3.31. The Morgan fingerprint density at radius 1 is 1.29 bits per heavy atom. The number of pyridine rings is 1. The first-order chi connectivity index (χ1) is 7.79. The molecule has 0 saturated heterocycles. The van der Waals surface area contributed by atoms with Gasteiger partial charge in [0.25, 0.3) is 0 Å². The van der Waals surface area contributed by atoms with Crippen molar-refractivity contribution in [1.29, 1.82) is 0 Å². The first-order valence-electron chi connectivity index (χ1n) is 4.95. The normalized spacial score (nSPS) is 15.6. The SMILES string of the molecule is Cc1cc(C)c2c(n1)N=C(C(F)(F)F)CC2=O. The van der Waals surface area contributed by atoms with E-state index in [9.17, 15) is 18.0 Å². The van der Waals surface area contributed by atoms with Crippen molar-refractivity contribution >= 4 is 17.3 Å². The van der Waals surface area contributed by atoms with E-state index in [0.29, 0.717) is 11.3 Å². The maximum absolute atomic E-state index is 12.5. The maximum Gasteiger partial charge on any atom is 0.430 e. The van der Waals surface area contributed by atoms with Gasteiger partial charge in [-0.25, -0.2) is 9.98 Å². The Morgan fingerprint density at radius 2 is 1.94 bits per heavy atom. The van der Waals surface area contributed by atoms with E-state index in [-0.39, 0.29) is 11.4 Å². The topological polar surface area (TPSA) is 42.3 Å². The van der Waals surface area contributed by atoms with Crippen molar-refractivity contribution in [3.05, 3.63) is 22.9 Å². The van der Waals surface area contributed by atoms with Crippen LogP contribution in [0.15, 0.2) is 11.1 Å². The minimum atomic E-state index is -4.58. The number of aliphatic imine (C=N–C) groups is 1. The molecule has 0 spiro atoms. The minimum Gasteiger partial charge on any atom is -0.294 e. The molecule has 90 valence electrons. The zero-order chi connectivity index (χ0) is 12.8. The second-order valence-electron chi connectivity index (χ2n) is 3.94. The molecule has 0 saturated carbocycles. The van der Waals surface area contributed by atoms with Gasteiger partial charge in [-0.2, -0.15) is 13.2 Å². The van der Waals surface area contributed by atoms with Gasteiger partial charge in [0.1, 0.15) is 5.71 Å². The number of ketones is 1. The third-order valence-electron chi connectivity index (χ3n) is 2.50. The molecule has 2 rings (SSSR count). The highest BCUT2D eigenvalue weighted by molar-refractivity contribution is 6.17. The molecule has 3 nitrogen and oxygen atoms in total. The third kappa shape index (κ3) is 2.07. The molecule has 1 aliphatic heterocycles. The van der Waals surface area contributed by atoms with Crippen LogP contribution in [0.2, 0.25) is 0 Å². The Kier molecular flexibility index (Phi) is 2.52. The number of rotatable bonds is 0. The minimum absolute atomic E-state index is 0.119. The van der Waals surface area contributed by atoms with E-state index in [1.54, 1.807) is 19.9 Å². The molecule has 0 aliphatic carbocycles. The average molecular weight is 242 g/mol. The second kappa shape index (κ2) is 3.65. The van der Waals surface area contributed by atoms with E-state index in [1.165, 1.54) is 0 Å². The fourth-order valence-electron chi connectivity index (χ4n) is 1.81. The van der Waals surface area contributed by atoms with Gasteiger partial charge < -0.3 is 0 Å². The van der Waals surface area contributed by atoms with Crippen molar-refractivity contribution in [3.8, 4) is 0 Å². The van der Waals surface area contributed by atoms with Crippen LogP contribution in [0.25, 0.3) is 0 Å². The van der Waals surface area contributed by atoms with Crippen molar-refractivity contribution < 1.29 is 18.0 Å². The summed E-state index contributed by atoms with van der Waals surface area (Å²) in [6, 6.07) is 1.66. The van der Waals surface area contributed by atoms with Crippen LogP contribution >= 0.6 is 0 Å². The summed E-state index contributed by atoms with van der Waals surface area (Å²) in [4.78, 5) is 19.0. The molecule has 2 heterocycles. The highest BCUT2D eigenvalue weighted by Gasteiger charge is 2.40. The zero-order valence-corrected chi connectivity index (χ0v) is 9.22. The van der Waals surface area contributed by atoms with Crippen LogP contribution in [0.1, 0.15) is 28.0 Å². The lowest BCUT2D eigenvalue weighted by molar-refractivity contribution is -0.0602. The number of fused-ring (bicyclic) bond motifs is 1. The molecule has 1 aromatic rings. The Morgan fingerprint density at radius 3 is 2.53 bits per heavy atom. The Labute approximate surface area is 95.4 Å². The number of carbonyl (C=O) groups is 1. The van der Waals surface area contributed by atoms with Gasteiger partial charge >= 0.3 is 6.18 Å². The summed E-state index contributed by atoms with van der Waals surface area (Å²) in [6.07, 6.45) is -5.28. The molecule has 6 heteroatoms. The molecular formula is C11H9F3N2O. The van der Waals surface area contributed by atoms with Gasteiger partial charge in [0.2, 0.25) is 0 Å². The van der Waals surface area contributed by atoms with Crippen molar-refractivity contribution in [2.24, 2.45) is 4.99 Å². The zero-order valence-electron chi connectivity index (χ0n) is 9.22. The van der Waals surface area contributed by atoms with Crippen LogP contribution in [-0.2, 0) is 0 Å². The molecule has 0 atom stereocenters. The summed E-state index contributed by atoms with van der Waals surface area (Å²) in [7, 11) is 0. The van der Waals surface area contributed by atoms with E-state index in [0.717, 1.165) is 0 Å². The Balaban J connectivity index is 2.63.